The molecule has 5 heteroatoms. The Morgan fingerprint density at radius 3 is 2.62 bits per heavy atom. The summed E-state index contributed by atoms with van der Waals surface area (Å²) in [6.07, 6.45) is 6.33. The minimum absolute atomic E-state index is 0.0308. The highest BCUT2D eigenvalue weighted by Gasteiger charge is 2.45. The average molecular weight is 366 g/mol. The number of rotatable bonds is 5. The number of aromatic nitrogens is 1. The first kappa shape index (κ1) is 17.7. The quantitative estimate of drug-likeness (QED) is 0.694. The van der Waals surface area contributed by atoms with Crippen LogP contribution in [0.2, 0.25) is 10.0 Å². The van der Waals surface area contributed by atoms with Crippen LogP contribution in [-0.2, 0) is 15.3 Å². The molecular weight excluding hydrogens is 345 g/mol. The van der Waals surface area contributed by atoms with Gasteiger partial charge in [-0.15, -0.1) is 0 Å². The van der Waals surface area contributed by atoms with Gasteiger partial charge in [-0.25, -0.2) is 0 Å². The molecule has 1 atom stereocenters. The van der Waals surface area contributed by atoms with E-state index in [-0.39, 0.29) is 5.92 Å². The van der Waals surface area contributed by atoms with Crippen molar-refractivity contribution in [1.82, 2.24) is 4.98 Å². The molecule has 1 aromatic carbocycles. The monoisotopic (exact) mass is 365 g/mol. The molecule has 3 rings (SSSR count). The van der Waals surface area contributed by atoms with Crippen LogP contribution in [0.1, 0.15) is 43.2 Å². The van der Waals surface area contributed by atoms with Gasteiger partial charge in [-0.1, -0.05) is 48.7 Å². The van der Waals surface area contributed by atoms with Crippen LogP contribution in [-0.4, -0.2) is 18.2 Å². The Morgan fingerprint density at radius 1 is 1.21 bits per heavy atom. The third kappa shape index (κ3) is 3.45. The summed E-state index contributed by atoms with van der Waals surface area (Å²) >= 11 is 12.6. The van der Waals surface area contributed by atoms with Gasteiger partial charge in [-0.05, 0) is 36.6 Å². The molecule has 0 spiro atoms. The molecule has 1 unspecified atom stereocenters. The molecule has 0 aliphatic carbocycles. The van der Waals surface area contributed by atoms with Crippen LogP contribution in [0.5, 0.6) is 0 Å². The second kappa shape index (κ2) is 7.83. The fourth-order valence-corrected chi connectivity index (χ4v) is 3.85. The van der Waals surface area contributed by atoms with Gasteiger partial charge in [-0.2, -0.15) is 0 Å². The molecule has 0 saturated carbocycles. The maximum Gasteiger partial charge on any atom is 0.203 e. The van der Waals surface area contributed by atoms with Crippen LogP contribution in [0, 0.1) is 0 Å². The van der Waals surface area contributed by atoms with E-state index in [9.17, 15) is 0 Å². The third-order valence-electron chi connectivity index (χ3n) is 4.36. The molecule has 0 N–H and O–H groups in total. The van der Waals surface area contributed by atoms with Gasteiger partial charge in [0.25, 0.3) is 0 Å². The molecule has 0 radical (unpaired) electrons. The summed E-state index contributed by atoms with van der Waals surface area (Å²) in [5.74, 6) is -0.892. The van der Waals surface area contributed by atoms with E-state index in [1.165, 1.54) is 0 Å². The Morgan fingerprint density at radius 2 is 2.00 bits per heavy atom. The van der Waals surface area contributed by atoms with E-state index >= 15 is 0 Å². The number of ether oxygens (including phenoxy) is 2. The van der Waals surface area contributed by atoms with Crippen LogP contribution in [0.15, 0.2) is 42.7 Å². The maximum absolute atomic E-state index is 6.52. The van der Waals surface area contributed by atoms with Crippen molar-refractivity contribution < 1.29 is 9.47 Å². The minimum Gasteiger partial charge on any atom is -0.345 e. The molecule has 1 saturated heterocycles. The first-order chi connectivity index (χ1) is 11.7. The molecule has 0 bridgehead atoms. The van der Waals surface area contributed by atoms with E-state index in [1.807, 2.05) is 30.5 Å². The molecule has 128 valence electrons. The Labute approximate surface area is 152 Å². The van der Waals surface area contributed by atoms with Crippen molar-refractivity contribution in [2.24, 2.45) is 0 Å². The molecule has 1 fully saturated rings. The largest absolute Gasteiger partial charge is 0.345 e. The highest BCUT2D eigenvalue weighted by atomic mass is 35.5. The first-order valence-electron chi connectivity index (χ1n) is 8.30. The number of nitrogens with zero attached hydrogens (tertiary/aromatic N) is 1. The lowest BCUT2D eigenvalue weighted by molar-refractivity contribution is -0.290. The fraction of sp³-hybridized carbons (Fsp3) is 0.421. The number of halogens is 2. The summed E-state index contributed by atoms with van der Waals surface area (Å²) < 4.78 is 12.5. The van der Waals surface area contributed by atoms with Crippen molar-refractivity contribution in [1.29, 1.82) is 0 Å². The molecule has 1 aliphatic rings. The molecule has 1 aliphatic heterocycles. The second-order valence-corrected chi connectivity index (χ2v) is 6.81. The standard InChI is InChI=1S/C19H21Cl2NO2/c1-2-5-17(16-8-7-15(20)12-18(16)21)19(23-10-4-11-24-19)14-6-3-9-22-13-14/h3,6-9,12-13,17H,2,4-5,10-11H2,1H3. The summed E-state index contributed by atoms with van der Waals surface area (Å²) in [4.78, 5) is 4.26. The maximum atomic E-state index is 6.52. The van der Waals surface area contributed by atoms with Crippen molar-refractivity contribution in [2.75, 3.05) is 13.2 Å². The van der Waals surface area contributed by atoms with Gasteiger partial charge in [0.2, 0.25) is 5.79 Å². The molecule has 0 amide bonds. The molecule has 1 aromatic heterocycles. The van der Waals surface area contributed by atoms with Gasteiger partial charge in [0.05, 0.1) is 13.2 Å². The Bertz CT molecular complexity index is 672. The van der Waals surface area contributed by atoms with E-state index in [4.69, 9.17) is 32.7 Å². The van der Waals surface area contributed by atoms with Crippen molar-refractivity contribution in [3.8, 4) is 0 Å². The van der Waals surface area contributed by atoms with Crippen molar-refractivity contribution >= 4 is 23.2 Å². The number of hydrogen-bond acceptors (Lipinski definition) is 3. The zero-order valence-corrected chi connectivity index (χ0v) is 15.2. The first-order valence-corrected chi connectivity index (χ1v) is 9.06. The number of hydrogen-bond donors (Lipinski definition) is 0. The summed E-state index contributed by atoms with van der Waals surface area (Å²) in [6, 6.07) is 9.53. The molecular formula is C19H21Cl2NO2. The van der Waals surface area contributed by atoms with Gasteiger partial charge in [0.15, 0.2) is 0 Å². The normalized spacial score (nSPS) is 18.3. The SMILES string of the molecule is CCCC(c1ccc(Cl)cc1Cl)C1(c2cccnc2)OCCCO1. The lowest BCUT2D eigenvalue weighted by atomic mass is 9.82. The molecule has 2 heterocycles. The Kier molecular flexibility index (Phi) is 5.77. The second-order valence-electron chi connectivity index (χ2n) is 5.97. The predicted molar refractivity (Wildman–Crippen MR) is 96.5 cm³/mol. The Balaban J connectivity index is 2.11. The molecule has 3 nitrogen and oxygen atoms in total. The van der Waals surface area contributed by atoms with E-state index < -0.39 is 5.79 Å². The van der Waals surface area contributed by atoms with Crippen LogP contribution >= 0.6 is 23.2 Å². The van der Waals surface area contributed by atoms with E-state index in [1.54, 1.807) is 12.3 Å². The zero-order valence-electron chi connectivity index (χ0n) is 13.7. The lowest BCUT2D eigenvalue weighted by Crippen LogP contribution is -2.43. The summed E-state index contributed by atoms with van der Waals surface area (Å²) in [5, 5.41) is 1.27. The Hall–Kier alpha value is -1.13. The summed E-state index contributed by atoms with van der Waals surface area (Å²) in [6.45, 7) is 3.46. The van der Waals surface area contributed by atoms with Crippen LogP contribution < -0.4 is 0 Å². The van der Waals surface area contributed by atoms with Crippen LogP contribution in [0.25, 0.3) is 0 Å². The fourth-order valence-electron chi connectivity index (χ4n) is 3.31. The van der Waals surface area contributed by atoms with Crippen LogP contribution in [0.4, 0.5) is 0 Å². The third-order valence-corrected chi connectivity index (χ3v) is 4.92. The average Bonchev–Trinajstić information content (AvgIpc) is 2.62. The van der Waals surface area contributed by atoms with E-state index in [0.29, 0.717) is 23.3 Å². The van der Waals surface area contributed by atoms with E-state index in [0.717, 1.165) is 30.4 Å². The van der Waals surface area contributed by atoms with Gasteiger partial charge < -0.3 is 9.47 Å². The number of benzene rings is 1. The smallest absolute Gasteiger partial charge is 0.203 e. The minimum atomic E-state index is -0.861. The van der Waals surface area contributed by atoms with Crippen LogP contribution in [0.3, 0.4) is 0 Å². The van der Waals surface area contributed by atoms with Crippen molar-refractivity contribution in [3.63, 3.8) is 0 Å². The van der Waals surface area contributed by atoms with Crippen molar-refractivity contribution in [2.45, 2.75) is 37.9 Å². The van der Waals surface area contributed by atoms with Gasteiger partial charge in [0, 0.05) is 33.9 Å². The van der Waals surface area contributed by atoms with Gasteiger partial charge in [-0.3, -0.25) is 4.98 Å². The molecule has 2 aromatic rings. The molecule has 24 heavy (non-hydrogen) atoms. The topological polar surface area (TPSA) is 31.4 Å². The highest BCUT2D eigenvalue weighted by molar-refractivity contribution is 6.35. The predicted octanol–water partition coefficient (Wildman–Crippen LogP) is 5.56. The highest BCUT2D eigenvalue weighted by Crippen LogP contribution is 2.47. The summed E-state index contributed by atoms with van der Waals surface area (Å²) in [7, 11) is 0. The number of pyridine rings is 1. The van der Waals surface area contributed by atoms with Crippen molar-refractivity contribution in [3.05, 3.63) is 63.9 Å². The van der Waals surface area contributed by atoms with E-state index in [2.05, 4.69) is 11.9 Å². The van der Waals surface area contributed by atoms with Gasteiger partial charge in [0.1, 0.15) is 0 Å². The van der Waals surface area contributed by atoms with Gasteiger partial charge >= 0.3 is 0 Å². The zero-order chi connectivity index (χ0) is 17.0. The summed E-state index contributed by atoms with van der Waals surface area (Å²) in [5.41, 5.74) is 1.92. The lowest BCUT2D eigenvalue weighted by Gasteiger charge is -2.43.